The average Bonchev–Trinajstić information content (AvgIpc) is 2.91. The summed E-state index contributed by atoms with van der Waals surface area (Å²) in [6.07, 6.45) is 8.38. The van der Waals surface area contributed by atoms with Crippen molar-refractivity contribution in [3.63, 3.8) is 0 Å². The Balaban J connectivity index is 1.60. The molecule has 0 saturated heterocycles. The first kappa shape index (κ1) is 33.7. The summed E-state index contributed by atoms with van der Waals surface area (Å²) < 4.78 is 103. The lowest BCUT2D eigenvalue weighted by Gasteiger charge is -2.27. The fourth-order valence-electron chi connectivity index (χ4n) is 3.73. The maximum atomic E-state index is 13.1. The van der Waals surface area contributed by atoms with Crippen LogP contribution in [0.5, 0.6) is 5.75 Å². The first-order chi connectivity index (χ1) is 19.0. The van der Waals surface area contributed by atoms with Crippen molar-refractivity contribution in [2.75, 3.05) is 33.0 Å². The van der Waals surface area contributed by atoms with E-state index in [1.165, 1.54) is 44.9 Å². The molecular formula is C28H37F7N2O3. The molecule has 0 atom stereocenters. The fourth-order valence-corrected chi connectivity index (χ4v) is 3.73. The van der Waals surface area contributed by atoms with Crippen molar-refractivity contribution in [1.29, 1.82) is 0 Å². The number of halogens is 7. The van der Waals surface area contributed by atoms with E-state index in [0.717, 1.165) is 24.0 Å². The minimum absolute atomic E-state index is 0.0175. The Hall–Kier alpha value is -2.47. The summed E-state index contributed by atoms with van der Waals surface area (Å²) in [7, 11) is 0. The topological polar surface area (TPSA) is 53.5 Å². The molecule has 2 aromatic rings. The highest BCUT2D eigenvalue weighted by atomic mass is 19.4. The molecule has 0 amide bonds. The molecule has 0 aliphatic carbocycles. The van der Waals surface area contributed by atoms with Gasteiger partial charge in [0.1, 0.15) is 19.0 Å². The van der Waals surface area contributed by atoms with Gasteiger partial charge in [-0.1, -0.05) is 51.9 Å². The largest absolute Gasteiger partial charge is 0.491 e. The van der Waals surface area contributed by atoms with Gasteiger partial charge in [-0.05, 0) is 42.7 Å². The number of alkyl halides is 7. The van der Waals surface area contributed by atoms with Gasteiger partial charge >= 0.3 is 18.0 Å². The van der Waals surface area contributed by atoms with Gasteiger partial charge in [0.25, 0.3) is 0 Å². The third-order valence-corrected chi connectivity index (χ3v) is 6.10. The van der Waals surface area contributed by atoms with Gasteiger partial charge in [-0.15, -0.1) is 0 Å². The Morgan fingerprint density at radius 3 is 1.82 bits per heavy atom. The van der Waals surface area contributed by atoms with Crippen molar-refractivity contribution in [3.8, 4) is 17.1 Å². The molecule has 0 N–H and O–H groups in total. The summed E-state index contributed by atoms with van der Waals surface area (Å²) in [5.41, 5.74) is 1.92. The third kappa shape index (κ3) is 11.2. The van der Waals surface area contributed by atoms with Gasteiger partial charge in [0.15, 0.2) is 5.82 Å². The van der Waals surface area contributed by atoms with Crippen molar-refractivity contribution in [1.82, 2.24) is 9.97 Å². The molecule has 0 radical (unpaired) electrons. The van der Waals surface area contributed by atoms with Crippen molar-refractivity contribution in [2.24, 2.45) is 0 Å². The van der Waals surface area contributed by atoms with Gasteiger partial charge in [0, 0.05) is 18.0 Å². The van der Waals surface area contributed by atoms with Gasteiger partial charge in [0.2, 0.25) is 0 Å². The number of hydrogen-bond donors (Lipinski definition) is 0. The second-order valence-corrected chi connectivity index (χ2v) is 9.45. The van der Waals surface area contributed by atoms with E-state index in [9.17, 15) is 30.7 Å². The number of hydrogen-bond acceptors (Lipinski definition) is 5. The van der Waals surface area contributed by atoms with Crippen LogP contribution in [0.2, 0.25) is 0 Å². The molecule has 0 saturated carbocycles. The third-order valence-electron chi connectivity index (χ3n) is 6.10. The van der Waals surface area contributed by atoms with Crippen molar-refractivity contribution in [3.05, 3.63) is 42.2 Å². The normalized spacial score (nSPS) is 12.6. The highest BCUT2D eigenvalue weighted by molar-refractivity contribution is 5.55. The van der Waals surface area contributed by atoms with E-state index in [1.54, 1.807) is 24.3 Å². The lowest BCUT2D eigenvalue weighted by Crippen LogP contribution is -2.54. The molecule has 12 heteroatoms. The molecular weight excluding hydrogens is 545 g/mol. The predicted octanol–water partition coefficient (Wildman–Crippen LogP) is 8.07. The molecule has 226 valence electrons. The Morgan fingerprint density at radius 2 is 1.23 bits per heavy atom. The van der Waals surface area contributed by atoms with Crippen molar-refractivity contribution < 1.29 is 44.9 Å². The monoisotopic (exact) mass is 582 g/mol. The van der Waals surface area contributed by atoms with Crippen LogP contribution in [0, 0.1) is 0 Å². The molecule has 1 aromatic carbocycles. The number of benzene rings is 1. The first-order valence-electron chi connectivity index (χ1n) is 13.5. The fraction of sp³-hybridized carbons (Fsp3) is 0.643. The first-order valence-corrected chi connectivity index (χ1v) is 13.5. The second-order valence-electron chi connectivity index (χ2n) is 9.45. The summed E-state index contributed by atoms with van der Waals surface area (Å²) in [5.74, 6) is -10.5. The maximum Gasteiger partial charge on any atom is 0.459 e. The van der Waals surface area contributed by atoms with E-state index >= 15 is 0 Å². The highest BCUT2D eigenvalue weighted by Crippen LogP contribution is 2.46. The van der Waals surface area contributed by atoms with E-state index in [4.69, 9.17) is 9.47 Å². The number of aryl methyl sites for hydroxylation is 1. The predicted molar refractivity (Wildman–Crippen MR) is 137 cm³/mol. The zero-order valence-electron chi connectivity index (χ0n) is 22.6. The lowest BCUT2D eigenvalue weighted by molar-refractivity contribution is -0.361. The SMILES string of the molecule is CCCCCCCCCCc1cnc(-c2ccc(OCCOCCOCC(F)(F)C(F)(F)C(F)(F)F)cc2)nc1. The number of nitrogens with zero attached hydrogens (tertiary/aromatic N) is 2. The van der Waals surface area contributed by atoms with E-state index in [2.05, 4.69) is 21.6 Å². The molecule has 5 nitrogen and oxygen atoms in total. The smallest absolute Gasteiger partial charge is 0.459 e. The Labute approximate surface area is 230 Å². The number of aromatic nitrogens is 2. The summed E-state index contributed by atoms with van der Waals surface area (Å²) in [4.78, 5) is 8.90. The van der Waals surface area contributed by atoms with Crippen LogP contribution in [0.3, 0.4) is 0 Å². The molecule has 1 aromatic heterocycles. The number of unbranched alkanes of at least 4 members (excludes halogenated alkanes) is 7. The minimum atomic E-state index is -6.38. The summed E-state index contributed by atoms with van der Waals surface area (Å²) >= 11 is 0. The molecule has 0 aliphatic heterocycles. The van der Waals surface area contributed by atoms with Crippen LogP contribution in [-0.2, 0) is 15.9 Å². The second kappa shape index (κ2) is 16.7. The molecule has 0 aliphatic rings. The van der Waals surface area contributed by atoms with Crippen LogP contribution in [-0.4, -0.2) is 61.0 Å². The maximum absolute atomic E-state index is 13.1. The van der Waals surface area contributed by atoms with Crippen molar-refractivity contribution in [2.45, 2.75) is 82.7 Å². The molecule has 40 heavy (non-hydrogen) atoms. The van der Waals surface area contributed by atoms with Crippen LogP contribution in [0.1, 0.15) is 63.9 Å². The van der Waals surface area contributed by atoms with Crippen LogP contribution in [0.25, 0.3) is 11.4 Å². The van der Waals surface area contributed by atoms with Gasteiger partial charge < -0.3 is 14.2 Å². The van der Waals surface area contributed by atoms with Gasteiger partial charge in [-0.25, -0.2) is 9.97 Å². The molecule has 2 rings (SSSR count). The van der Waals surface area contributed by atoms with Gasteiger partial charge in [-0.2, -0.15) is 30.7 Å². The van der Waals surface area contributed by atoms with Crippen molar-refractivity contribution >= 4 is 0 Å². The van der Waals surface area contributed by atoms with E-state index in [0.29, 0.717) is 11.6 Å². The van der Waals surface area contributed by atoms with E-state index in [-0.39, 0.29) is 19.8 Å². The quantitative estimate of drug-likeness (QED) is 0.117. The zero-order valence-corrected chi connectivity index (χ0v) is 22.6. The van der Waals surface area contributed by atoms with Crippen LogP contribution in [0.15, 0.2) is 36.7 Å². The highest BCUT2D eigenvalue weighted by Gasteiger charge is 2.72. The van der Waals surface area contributed by atoms with E-state index in [1.807, 2.05) is 12.4 Å². The van der Waals surface area contributed by atoms with Gasteiger partial charge in [-0.3, -0.25) is 0 Å². The average molecular weight is 583 g/mol. The van der Waals surface area contributed by atoms with E-state index < -0.39 is 31.2 Å². The summed E-state index contributed by atoms with van der Waals surface area (Å²) in [5, 5.41) is 0. The molecule has 0 unspecified atom stereocenters. The van der Waals surface area contributed by atoms with Crippen LogP contribution in [0.4, 0.5) is 30.7 Å². The molecule has 0 bridgehead atoms. The standard InChI is InChI=1S/C28H37F7N2O3/c1-2-3-4-5-6-7-8-9-10-22-19-36-25(37-20-22)23-11-13-24(14-12-23)40-18-17-38-15-16-39-21-26(29,30)27(31,32)28(33,34)35/h11-14,19-20H,2-10,15-18,21H2,1H3. The van der Waals surface area contributed by atoms with Gasteiger partial charge in [0.05, 0.1) is 19.8 Å². The molecule has 0 spiro atoms. The Morgan fingerprint density at radius 1 is 0.675 bits per heavy atom. The number of rotatable bonds is 20. The number of ether oxygens (including phenoxy) is 3. The van der Waals surface area contributed by atoms with Crippen LogP contribution >= 0.6 is 0 Å². The zero-order chi connectivity index (χ0) is 29.5. The lowest BCUT2D eigenvalue weighted by atomic mass is 10.1. The molecule has 1 heterocycles. The summed E-state index contributed by atoms with van der Waals surface area (Å²) in [6, 6.07) is 7.04. The minimum Gasteiger partial charge on any atom is -0.491 e. The Bertz CT molecular complexity index is 956. The van der Waals surface area contributed by atoms with Crippen LogP contribution < -0.4 is 4.74 Å². The summed E-state index contributed by atoms with van der Waals surface area (Å²) in [6.45, 7) is -0.637. The Kier molecular flexibility index (Phi) is 14.1. The molecule has 0 fully saturated rings.